The second-order valence-electron chi connectivity index (χ2n) is 8.96. The largest absolute Gasteiger partial charge is 0.299 e. The van der Waals surface area contributed by atoms with Gasteiger partial charge in [-0.1, -0.05) is 45.7 Å². The summed E-state index contributed by atoms with van der Waals surface area (Å²) < 4.78 is 0. The summed E-state index contributed by atoms with van der Waals surface area (Å²) in [5.41, 5.74) is 0.183. The van der Waals surface area contributed by atoms with Gasteiger partial charge in [-0.3, -0.25) is 9.59 Å². The lowest BCUT2D eigenvalue weighted by molar-refractivity contribution is -0.142. The highest BCUT2D eigenvalue weighted by Crippen LogP contribution is 2.66. The molecule has 0 aromatic rings. The molecule has 0 aromatic carbocycles. The van der Waals surface area contributed by atoms with Crippen molar-refractivity contribution < 1.29 is 9.59 Å². The Hall–Kier alpha value is 0.300. The van der Waals surface area contributed by atoms with Crippen LogP contribution in [-0.2, 0) is 9.59 Å². The highest BCUT2D eigenvalue weighted by Gasteiger charge is 2.62. The zero-order valence-electron chi connectivity index (χ0n) is 14.0. The van der Waals surface area contributed by atoms with Crippen LogP contribution >= 0.6 is 31.9 Å². The second kappa shape index (κ2) is 5.40. The molecule has 0 bridgehead atoms. The molecule has 4 fully saturated rings. The van der Waals surface area contributed by atoms with Gasteiger partial charge in [-0.2, -0.15) is 0 Å². The number of carbonyl (C=O) groups is 2. The van der Waals surface area contributed by atoms with Crippen LogP contribution in [0.4, 0.5) is 0 Å². The maximum atomic E-state index is 12.5. The highest BCUT2D eigenvalue weighted by molar-refractivity contribution is 9.10. The van der Waals surface area contributed by atoms with E-state index in [1.54, 1.807) is 0 Å². The molecule has 8 atom stereocenters. The number of Topliss-reactive ketones (excluding diaryl/α,β-unsaturated/α-hetero) is 2. The van der Waals surface area contributed by atoms with Crippen molar-refractivity contribution in [2.45, 2.75) is 68.4 Å². The Morgan fingerprint density at radius 2 is 1.70 bits per heavy atom. The molecule has 4 rings (SSSR count). The van der Waals surface area contributed by atoms with Gasteiger partial charge >= 0.3 is 0 Å². The highest BCUT2D eigenvalue weighted by atomic mass is 79.9. The van der Waals surface area contributed by atoms with Crippen LogP contribution in [0.15, 0.2) is 0 Å². The third-order valence-corrected chi connectivity index (χ3v) is 10.1. The molecule has 3 unspecified atom stereocenters. The van der Waals surface area contributed by atoms with Crippen molar-refractivity contribution in [1.82, 2.24) is 0 Å². The molecule has 0 saturated heterocycles. The summed E-state index contributed by atoms with van der Waals surface area (Å²) in [6.07, 6.45) is 7.45. The Morgan fingerprint density at radius 3 is 2.43 bits per heavy atom. The number of fused-ring (bicyclic) bond motifs is 5. The van der Waals surface area contributed by atoms with E-state index in [4.69, 9.17) is 0 Å². The van der Waals surface area contributed by atoms with Crippen molar-refractivity contribution in [2.24, 2.45) is 34.5 Å². The summed E-state index contributed by atoms with van der Waals surface area (Å²) in [5, 5.41) is 0. The zero-order valence-corrected chi connectivity index (χ0v) is 17.2. The summed E-state index contributed by atoms with van der Waals surface area (Å²) in [4.78, 5) is 24.9. The molecule has 128 valence electrons. The van der Waals surface area contributed by atoms with Gasteiger partial charge in [-0.05, 0) is 67.6 Å². The molecule has 0 N–H and O–H groups in total. The van der Waals surface area contributed by atoms with Crippen LogP contribution in [0.25, 0.3) is 0 Å². The predicted octanol–water partition coefficient (Wildman–Crippen LogP) is 4.91. The molecule has 0 spiro atoms. The van der Waals surface area contributed by atoms with Crippen LogP contribution in [0.1, 0.15) is 58.8 Å². The van der Waals surface area contributed by atoms with Gasteiger partial charge in [0, 0.05) is 11.8 Å². The number of hydrogen-bond donors (Lipinski definition) is 0. The first-order chi connectivity index (χ1) is 10.8. The molecule has 4 heteroatoms. The summed E-state index contributed by atoms with van der Waals surface area (Å²) in [7, 11) is 0. The van der Waals surface area contributed by atoms with Crippen molar-refractivity contribution in [3.63, 3.8) is 0 Å². The average molecular weight is 446 g/mol. The molecular formula is C19H26Br2O2. The minimum atomic E-state index is -0.0452. The van der Waals surface area contributed by atoms with Crippen LogP contribution in [0.2, 0.25) is 0 Å². The number of alkyl halides is 2. The quantitative estimate of drug-likeness (QED) is 0.496. The number of hydrogen-bond acceptors (Lipinski definition) is 2. The molecule has 2 nitrogen and oxygen atoms in total. The minimum absolute atomic E-state index is 0.00472. The molecular weight excluding hydrogens is 420 g/mol. The third kappa shape index (κ3) is 2.16. The Balaban J connectivity index is 1.68. The fourth-order valence-electron chi connectivity index (χ4n) is 6.90. The number of halogens is 2. The standard InChI is InChI=1S/C19H26Br2O2/c1-18-8-7-12-10(11(18)5-6-15(18)22)3-4-13-16(21)17(23)14(20)9-19(12,13)2/h10-14,16H,3-9H2,1-2H3/t10-,11-,12-,13?,14?,16?,18-,19+/m0/s1. The van der Waals surface area contributed by atoms with Crippen LogP contribution in [0.5, 0.6) is 0 Å². The Labute approximate surface area is 155 Å². The molecule has 4 aliphatic rings. The molecule has 4 saturated carbocycles. The maximum absolute atomic E-state index is 12.5. The van der Waals surface area contributed by atoms with E-state index in [1.165, 1.54) is 12.8 Å². The van der Waals surface area contributed by atoms with E-state index in [2.05, 4.69) is 45.7 Å². The first kappa shape index (κ1) is 16.8. The van der Waals surface area contributed by atoms with Crippen LogP contribution in [-0.4, -0.2) is 21.2 Å². The van der Waals surface area contributed by atoms with E-state index in [1.807, 2.05) is 0 Å². The lowest BCUT2D eigenvalue weighted by Gasteiger charge is -2.60. The average Bonchev–Trinajstić information content (AvgIpc) is 2.80. The molecule has 4 aliphatic carbocycles. The molecule has 23 heavy (non-hydrogen) atoms. The van der Waals surface area contributed by atoms with Crippen molar-refractivity contribution in [2.75, 3.05) is 0 Å². The van der Waals surface area contributed by atoms with Crippen molar-refractivity contribution in [1.29, 1.82) is 0 Å². The Kier molecular flexibility index (Phi) is 3.93. The van der Waals surface area contributed by atoms with Crippen molar-refractivity contribution in [3.8, 4) is 0 Å². The first-order valence-corrected chi connectivity index (χ1v) is 11.0. The fourth-order valence-corrected chi connectivity index (χ4v) is 9.42. The van der Waals surface area contributed by atoms with E-state index in [-0.39, 0.29) is 20.5 Å². The van der Waals surface area contributed by atoms with E-state index < -0.39 is 0 Å². The first-order valence-electron chi connectivity index (χ1n) is 9.14. The van der Waals surface area contributed by atoms with Gasteiger partial charge in [-0.15, -0.1) is 0 Å². The van der Waals surface area contributed by atoms with Gasteiger partial charge in [0.2, 0.25) is 0 Å². The molecule has 0 aromatic heterocycles. The van der Waals surface area contributed by atoms with E-state index in [0.29, 0.717) is 35.2 Å². The number of ketones is 2. The van der Waals surface area contributed by atoms with Crippen LogP contribution in [0.3, 0.4) is 0 Å². The predicted molar refractivity (Wildman–Crippen MR) is 97.9 cm³/mol. The summed E-state index contributed by atoms with van der Waals surface area (Å²) in [5.74, 6) is 3.28. The lowest BCUT2D eigenvalue weighted by atomic mass is 9.45. The normalized spacial score (nSPS) is 56.0. The molecule has 0 heterocycles. The van der Waals surface area contributed by atoms with Gasteiger partial charge in [0.1, 0.15) is 5.78 Å². The van der Waals surface area contributed by atoms with E-state index in [9.17, 15) is 9.59 Å². The zero-order chi connectivity index (χ0) is 16.6. The van der Waals surface area contributed by atoms with Gasteiger partial charge in [-0.25, -0.2) is 0 Å². The summed E-state index contributed by atoms with van der Waals surface area (Å²) >= 11 is 7.38. The molecule has 0 radical (unpaired) electrons. The van der Waals surface area contributed by atoms with E-state index in [0.717, 1.165) is 32.1 Å². The van der Waals surface area contributed by atoms with Gasteiger partial charge in [0.15, 0.2) is 5.78 Å². The topological polar surface area (TPSA) is 34.1 Å². The van der Waals surface area contributed by atoms with Gasteiger partial charge in [0.25, 0.3) is 0 Å². The van der Waals surface area contributed by atoms with Crippen molar-refractivity contribution >= 4 is 43.4 Å². The third-order valence-electron chi connectivity index (χ3n) is 8.20. The SMILES string of the molecule is C[C@]12CC(Br)C(=O)C(Br)C1CC[C@@H]1[C@@H]2CC[C@]2(C)C(=O)CC[C@@H]12. The number of rotatable bonds is 0. The Morgan fingerprint density at radius 1 is 0.957 bits per heavy atom. The minimum Gasteiger partial charge on any atom is -0.299 e. The van der Waals surface area contributed by atoms with Gasteiger partial charge < -0.3 is 0 Å². The molecule has 0 aliphatic heterocycles. The monoisotopic (exact) mass is 444 g/mol. The van der Waals surface area contributed by atoms with Crippen molar-refractivity contribution in [3.05, 3.63) is 0 Å². The Bertz CT molecular complexity index is 562. The number of carbonyl (C=O) groups excluding carboxylic acids is 2. The molecule has 0 amide bonds. The smallest absolute Gasteiger partial charge is 0.160 e. The lowest BCUT2D eigenvalue weighted by Crippen LogP contribution is -2.58. The van der Waals surface area contributed by atoms with Crippen LogP contribution < -0.4 is 0 Å². The van der Waals surface area contributed by atoms with Gasteiger partial charge in [0.05, 0.1) is 9.65 Å². The summed E-state index contributed by atoms with van der Waals surface area (Å²) in [6.45, 7) is 4.67. The second-order valence-corrected chi connectivity index (χ2v) is 11.1. The fraction of sp³-hybridized carbons (Fsp3) is 0.895. The van der Waals surface area contributed by atoms with E-state index >= 15 is 0 Å². The summed E-state index contributed by atoms with van der Waals surface area (Å²) in [6, 6.07) is 0. The van der Waals surface area contributed by atoms with Crippen LogP contribution in [0, 0.1) is 34.5 Å². The maximum Gasteiger partial charge on any atom is 0.160 e.